The lowest BCUT2D eigenvalue weighted by molar-refractivity contribution is -0.142. The minimum Gasteiger partial charge on any atom is -0.463 e. The van der Waals surface area contributed by atoms with Crippen molar-refractivity contribution in [2.24, 2.45) is 5.92 Å². The zero-order chi connectivity index (χ0) is 22.0. The van der Waals surface area contributed by atoms with Crippen molar-refractivity contribution in [2.45, 2.75) is 32.4 Å². The number of carbonyl (C=O) groups excluding carboxylic acids is 1. The first-order valence-electron chi connectivity index (χ1n) is 10.2. The van der Waals surface area contributed by atoms with Crippen LogP contribution >= 0.6 is 0 Å². The number of piperidine rings is 1. The molecule has 31 heavy (non-hydrogen) atoms. The Morgan fingerprint density at radius 1 is 1.35 bits per heavy atom. The Hall–Kier alpha value is -2.95. The second-order valence-electron chi connectivity index (χ2n) is 7.81. The highest BCUT2D eigenvalue weighted by Crippen LogP contribution is 2.31. The molecule has 0 aliphatic carbocycles. The molecule has 0 saturated carbocycles. The van der Waals surface area contributed by atoms with Gasteiger partial charge in [-0.15, -0.1) is 5.10 Å². The van der Waals surface area contributed by atoms with Crippen LogP contribution in [0.2, 0.25) is 0 Å². The van der Waals surface area contributed by atoms with E-state index in [1.54, 1.807) is 6.07 Å². The van der Waals surface area contributed by atoms with E-state index >= 15 is 0 Å². The first kappa shape index (κ1) is 21.3. The number of hydrogen-bond donors (Lipinski definition) is 1. The molecule has 1 aliphatic rings. The molecule has 4 rings (SSSR count). The Kier molecular flexibility index (Phi) is 5.94. The molecule has 1 unspecified atom stereocenters. The summed E-state index contributed by atoms with van der Waals surface area (Å²) < 4.78 is 46.3. The molecule has 1 aliphatic heterocycles. The van der Waals surface area contributed by atoms with E-state index in [0.717, 1.165) is 32.1 Å². The minimum absolute atomic E-state index is 0.0417. The maximum absolute atomic E-state index is 13.6. The van der Waals surface area contributed by atoms with Gasteiger partial charge in [0.25, 0.3) is 11.7 Å². The predicted octanol–water partition coefficient (Wildman–Crippen LogP) is 3.25. The minimum atomic E-state index is -4.71. The van der Waals surface area contributed by atoms with Crippen LogP contribution in [0.4, 0.5) is 13.2 Å². The number of rotatable bonds is 6. The van der Waals surface area contributed by atoms with Crippen molar-refractivity contribution in [2.75, 3.05) is 26.2 Å². The Labute approximate surface area is 176 Å². The molecule has 1 atom stereocenters. The monoisotopic (exact) mass is 436 g/mol. The second kappa shape index (κ2) is 8.66. The van der Waals surface area contributed by atoms with Gasteiger partial charge >= 0.3 is 6.18 Å². The van der Waals surface area contributed by atoms with Crippen LogP contribution in [0, 0.1) is 5.92 Å². The predicted molar refractivity (Wildman–Crippen MR) is 105 cm³/mol. The molecule has 3 aromatic rings. The smallest absolute Gasteiger partial charge is 0.433 e. The summed E-state index contributed by atoms with van der Waals surface area (Å²) in [5.74, 6) is -0.485. The maximum atomic E-state index is 13.6. The zero-order valence-corrected chi connectivity index (χ0v) is 17.0. The van der Waals surface area contributed by atoms with Gasteiger partial charge in [0, 0.05) is 13.1 Å². The largest absolute Gasteiger partial charge is 0.463 e. The van der Waals surface area contributed by atoms with Crippen LogP contribution in [0.5, 0.6) is 0 Å². The molecular formula is C20H23F3N6O2. The Morgan fingerprint density at radius 2 is 2.19 bits per heavy atom. The van der Waals surface area contributed by atoms with E-state index in [0.29, 0.717) is 17.0 Å². The summed E-state index contributed by atoms with van der Waals surface area (Å²) in [4.78, 5) is 22.7. The summed E-state index contributed by atoms with van der Waals surface area (Å²) in [5, 5.41) is 6.43. The van der Waals surface area contributed by atoms with Gasteiger partial charge in [-0.3, -0.25) is 4.79 Å². The number of carbonyl (C=O) groups is 1. The van der Waals surface area contributed by atoms with Crippen molar-refractivity contribution in [3.05, 3.63) is 36.0 Å². The van der Waals surface area contributed by atoms with Crippen LogP contribution in [0.25, 0.3) is 17.2 Å². The van der Waals surface area contributed by atoms with Gasteiger partial charge in [0.1, 0.15) is 5.69 Å². The number of amides is 1. The van der Waals surface area contributed by atoms with E-state index in [2.05, 4.69) is 32.2 Å². The summed E-state index contributed by atoms with van der Waals surface area (Å²) in [7, 11) is 0. The van der Waals surface area contributed by atoms with Crippen LogP contribution < -0.4 is 5.32 Å². The first-order valence-corrected chi connectivity index (χ1v) is 10.2. The summed E-state index contributed by atoms with van der Waals surface area (Å²) in [6, 6.07) is 3.86. The number of alkyl halides is 3. The first-order chi connectivity index (χ1) is 14.8. The molecule has 0 aromatic carbocycles. The van der Waals surface area contributed by atoms with Crippen LogP contribution in [0.15, 0.2) is 28.9 Å². The molecule has 8 nitrogen and oxygen atoms in total. The van der Waals surface area contributed by atoms with E-state index in [-0.39, 0.29) is 23.1 Å². The number of fused-ring (bicyclic) bond motifs is 1. The molecule has 0 radical (unpaired) electrons. The fourth-order valence-electron chi connectivity index (χ4n) is 3.79. The molecule has 1 N–H and O–H groups in total. The quantitative estimate of drug-likeness (QED) is 0.597. The summed E-state index contributed by atoms with van der Waals surface area (Å²) >= 11 is 0. The molecule has 0 spiro atoms. The second-order valence-corrected chi connectivity index (χ2v) is 7.81. The van der Waals surface area contributed by atoms with Gasteiger partial charge in [-0.05, 0) is 56.5 Å². The molecule has 166 valence electrons. The molecule has 1 amide bonds. The Balaban J connectivity index is 1.47. The van der Waals surface area contributed by atoms with E-state index in [1.165, 1.54) is 25.2 Å². The number of nitrogens with one attached hydrogen (secondary N) is 1. The van der Waals surface area contributed by atoms with Gasteiger partial charge < -0.3 is 14.6 Å². The number of furan rings is 1. The molecule has 1 fully saturated rings. The van der Waals surface area contributed by atoms with Gasteiger partial charge in [0.15, 0.2) is 11.5 Å². The zero-order valence-electron chi connectivity index (χ0n) is 17.0. The van der Waals surface area contributed by atoms with Crippen LogP contribution in [-0.4, -0.2) is 56.6 Å². The number of halogens is 3. The van der Waals surface area contributed by atoms with E-state index in [1.807, 2.05) is 0 Å². The van der Waals surface area contributed by atoms with Gasteiger partial charge in [0.05, 0.1) is 6.26 Å². The average molecular weight is 436 g/mol. The molecule has 4 heterocycles. The van der Waals surface area contributed by atoms with Crippen molar-refractivity contribution in [1.82, 2.24) is 29.8 Å². The van der Waals surface area contributed by atoms with Gasteiger partial charge in [0.2, 0.25) is 5.82 Å². The third-order valence-corrected chi connectivity index (χ3v) is 5.26. The fourth-order valence-corrected chi connectivity index (χ4v) is 3.79. The normalized spacial score (nSPS) is 17.9. The van der Waals surface area contributed by atoms with Crippen LogP contribution in [-0.2, 0) is 6.18 Å². The van der Waals surface area contributed by atoms with Gasteiger partial charge in [-0.25, -0.2) is 4.98 Å². The summed E-state index contributed by atoms with van der Waals surface area (Å²) in [6.07, 6.45) is -0.229. The lowest BCUT2D eigenvalue weighted by atomic mass is 10.0. The fraction of sp³-hybridized carbons (Fsp3) is 0.500. The molecule has 3 aromatic heterocycles. The molecule has 1 saturated heterocycles. The van der Waals surface area contributed by atoms with E-state index in [4.69, 9.17) is 4.42 Å². The standard InChI is InChI=1S/C20H23F3N6O2/c1-13-5-2-8-28(12-13)9-4-7-24-18(30)17-26-19-25-14(15-6-3-10-31-15)11-16(20(21,22)23)29(19)27-17/h3,6,10-11,13H,2,4-5,7-9,12H2,1H3,(H,24,30). The van der Waals surface area contributed by atoms with Crippen molar-refractivity contribution in [3.63, 3.8) is 0 Å². The number of aromatic nitrogens is 4. The Bertz CT molecular complexity index is 1050. The highest BCUT2D eigenvalue weighted by atomic mass is 19.4. The average Bonchev–Trinajstić information content (AvgIpc) is 3.39. The molecular weight excluding hydrogens is 413 g/mol. The molecule has 11 heteroatoms. The SMILES string of the molecule is CC1CCCN(CCCNC(=O)c2nc3nc(-c4ccco4)cc(C(F)(F)F)n3n2)C1. The van der Waals surface area contributed by atoms with Crippen LogP contribution in [0.1, 0.15) is 42.5 Å². The summed E-state index contributed by atoms with van der Waals surface area (Å²) in [5.41, 5.74) is -1.13. The van der Waals surface area contributed by atoms with Crippen molar-refractivity contribution in [1.29, 1.82) is 0 Å². The summed E-state index contributed by atoms with van der Waals surface area (Å²) in [6.45, 7) is 5.57. The lowest BCUT2D eigenvalue weighted by Crippen LogP contribution is -2.36. The van der Waals surface area contributed by atoms with Crippen molar-refractivity contribution in [3.8, 4) is 11.5 Å². The molecule has 0 bridgehead atoms. The van der Waals surface area contributed by atoms with Crippen LogP contribution in [0.3, 0.4) is 0 Å². The topological polar surface area (TPSA) is 88.6 Å². The van der Waals surface area contributed by atoms with Gasteiger partial charge in [-0.1, -0.05) is 6.92 Å². The third-order valence-electron chi connectivity index (χ3n) is 5.26. The maximum Gasteiger partial charge on any atom is 0.433 e. The van der Waals surface area contributed by atoms with Crippen molar-refractivity contribution >= 4 is 11.7 Å². The third kappa shape index (κ3) is 4.87. The number of hydrogen-bond acceptors (Lipinski definition) is 6. The lowest BCUT2D eigenvalue weighted by Gasteiger charge is -2.30. The Morgan fingerprint density at radius 3 is 2.90 bits per heavy atom. The van der Waals surface area contributed by atoms with E-state index < -0.39 is 17.8 Å². The van der Waals surface area contributed by atoms with Crippen molar-refractivity contribution < 1.29 is 22.4 Å². The van der Waals surface area contributed by atoms with Gasteiger partial charge in [-0.2, -0.15) is 22.7 Å². The highest BCUT2D eigenvalue weighted by molar-refractivity contribution is 5.90. The highest BCUT2D eigenvalue weighted by Gasteiger charge is 2.36. The number of likely N-dealkylation sites (tertiary alicyclic amines) is 1. The van der Waals surface area contributed by atoms with E-state index in [9.17, 15) is 18.0 Å². The number of nitrogens with zero attached hydrogens (tertiary/aromatic N) is 5.